The molecule has 0 unspecified atom stereocenters. The second kappa shape index (κ2) is 10.0. The molecule has 0 atom stereocenters. The van der Waals surface area contributed by atoms with Crippen molar-refractivity contribution in [2.75, 3.05) is 32.8 Å². The third-order valence-electron chi connectivity index (χ3n) is 5.64. The Labute approximate surface area is 160 Å². The Morgan fingerprint density at radius 2 is 1.78 bits per heavy atom. The zero-order chi connectivity index (χ0) is 19.1. The van der Waals surface area contributed by atoms with Gasteiger partial charge in [0.05, 0.1) is 13.0 Å². The van der Waals surface area contributed by atoms with Crippen LogP contribution in [0.3, 0.4) is 0 Å². The van der Waals surface area contributed by atoms with E-state index >= 15 is 0 Å². The van der Waals surface area contributed by atoms with Crippen LogP contribution in [-0.4, -0.2) is 43.6 Å². The molecule has 1 aromatic rings. The van der Waals surface area contributed by atoms with E-state index in [2.05, 4.69) is 5.32 Å². The molecule has 2 aliphatic heterocycles. The number of unbranched alkanes of at least 4 members (excludes halogenated alkanes) is 1. The quantitative estimate of drug-likeness (QED) is 0.700. The Morgan fingerprint density at radius 1 is 1.11 bits per heavy atom. The Kier molecular flexibility index (Phi) is 7.44. The molecule has 0 bridgehead atoms. The fraction of sp³-hybridized carbons (Fsp3) is 0.667. The standard InChI is InChI=1S/C21H30F2N2O2/c22-19-13-17(27-12-4-1-5-16-6-8-24-9-7-16)14-20(23)18(19)15-21(26)25-10-2-3-11-25/h13-14,16,24H,1-12,15H2. The molecule has 150 valence electrons. The van der Waals surface area contributed by atoms with Gasteiger partial charge in [-0.2, -0.15) is 0 Å². The zero-order valence-electron chi connectivity index (χ0n) is 15.9. The summed E-state index contributed by atoms with van der Waals surface area (Å²) in [6, 6.07) is 2.39. The van der Waals surface area contributed by atoms with Crippen LogP contribution in [0.1, 0.15) is 50.5 Å². The highest BCUT2D eigenvalue weighted by Crippen LogP contribution is 2.23. The van der Waals surface area contributed by atoms with Crippen LogP contribution in [0.4, 0.5) is 8.78 Å². The summed E-state index contributed by atoms with van der Waals surface area (Å²) >= 11 is 0. The lowest BCUT2D eigenvalue weighted by Crippen LogP contribution is -2.29. The third-order valence-corrected chi connectivity index (χ3v) is 5.64. The first kappa shape index (κ1) is 20.1. The second-order valence-electron chi connectivity index (χ2n) is 7.67. The maximum atomic E-state index is 14.3. The van der Waals surface area contributed by atoms with Crippen LogP contribution < -0.4 is 10.1 Å². The van der Waals surface area contributed by atoms with Gasteiger partial charge in [-0.05, 0) is 57.5 Å². The van der Waals surface area contributed by atoms with Crippen molar-refractivity contribution in [3.63, 3.8) is 0 Å². The highest BCUT2D eigenvalue weighted by Gasteiger charge is 2.22. The number of nitrogens with one attached hydrogen (secondary N) is 1. The van der Waals surface area contributed by atoms with Crippen LogP contribution in [-0.2, 0) is 11.2 Å². The molecule has 2 heterocycles. The molecule has 0 aromatic heterocycles. The second-order valence-corrected chi connectivity index (χ2v) is 7.67. The van der Waals surface area contributed by atoms with Gasteiger partial charge in [0.15, 0.2) is 0 Å². The molecular formula is C21H30F2N2O2. The van der Waals surface area contributed by atoms with Crippen molar-refractivity contribution in [2.45, 2.75) is 51.4 Å². The minimum absolute atomic E-state index is 0.162. The number of halogens is 2. The number of benzene rings is 1. The number of carbonyl (C=O) groups excluding carboxylic acids is 1. The maximum absolute atomic E-state index is 14.3. The van der Waals surface area contributed by atoms with Gasteiger partial charge in [0, 0.05) is 30.8 Å². The van der Waals surface area contributed by atoms with Gasteiger partial charge in [-0.3, -0.25) is 4.79 Å². The van der Waals surface area contributed by atoms with Crippen LogP contribution in [0.25, 0.3) is 0 Å². The van der Waals surface area contributed by atoms with E-state index in [9.17, 15) is 13.6 Å². The summed E-state index contributed by atoms with van der Waals surface area (Å²) in [6.07, 6.45) is 7.28. The minimum Gasteiger partial charge on any atom is -0.493 e. The predicted octanol–water partition coefficient (Wildman–Crippen LogP) is 3.68. The van der Waals surface area contributed by atoms with E-state index in [1.54, 1.807) is 4.90 Å². The van der Waals surface area contributed by atoms with E-state index in [4.69, 9.17) is 4.74 Å². The molecule has 1 amide bonds. The Morgan fingerprint density at radius 3 is 2.44 bits per heavy atom. The van der Waals surface area contributed by atoms with Crippen molar-refractivity contribution in [1.82, 2.24) is 10.2 Å². The molecule has 2 aliphatic rings. The maximum Gasteiger partial charge on any atom is 0.227 e. The first-order valence-electron chi connectivity index (χ1n) is 10.2. The van der Waals surface area contributed by atoms with Crippen molar-refractivity contribution in [2.24, 2.45) is 5.92 Å². The smallest absolute Gasteiger partial charge is 0.227 e. The number of ether oxygens (including phenoxy) is 1. The number of hydrogen-bond acceptors (Lipinski definition) is 3. The molecular weight excluding hydrogens is 350 g/mol. The van der Waals surface area contributed by atoms with Gasteiger partial charge in [-0.25, -0.2) is 8.78 Å². The lowest BCUT2D eigenvalue weighted by atomic mass is 9.93. The van der Waals surface area contributed by atoms with Gasteiger partial charge in [0.1, 0.15) is 17.4 Å². The monoisotopic (exact) mass is 380 g/mol. The van der Waals surface area contributed by atoms with Gasteiger partial charge in [0.25, 0.3) is 0 Å². The van der Waals surface area contributed by atoms with Crippen LogP contribution in [0, 0.1) is 17.6 Å². The average Bonchev–Trinajstić information content (AvgIpc) is 3.20. The van der Waals surface area contributed by atoms with Gasteiger partial charge in [-0.15, -0.1) is 0 Å². The van der Waals surface area contributed by atoms with E-state index in [1.807, 2.05) is 0 Å². The van der Waals surface area contributed by atoms with Crippen molar-refractivity contribution in [1.29, 1.82) is 0 Å². The highest BCUT2D eigenvalue weighted by atomic mass is 19.1. The SMILES string of the molecule is O=C(Cc1c(F)cc(OCCCCC2CCNCC2)cc1F)N1CCCC1. The van der Waals surface area contributed by atoms with Crippen LogP contribution in [0.2, 0.25) is 0 Å². The molecule has 0 saturated carbocycles. The van der Waals surface area contributed by atoms with Crippen molar-refractivity contribution < 1.29 is 18.3 Å². The Hall–Kier alpha value is -1.69. The van der Waals surface area contributed by atoms with E-state index in [1.165, 1.54) is 31.4 Å². The molecule has 2 saturated heterocycles. The van der Waals surface area contributed by atoms with Crippen LogP contribution >= 0.6 is 0 Å². The first-order valence-corrected chi connectivity index (χ1v) is 10.2. The summed E-state index contributed by atoms with van der Waals surface area (Å²) in [5.41, 5.74) is -0.162. The molecule has 0 radical (unpaired) electrons. The zero-order valence-corrected chi connectivity index (χ0v) is 15.9. The summed E-state index contributed by atoms with van der Waals surface area (Å²) in [7, 11) is 0. The Balaban J connectivity index is 1.43. The topological polar surface area (TPSA) is 41.6 Å². The van der Waals surface area contributed by atoms with Gasteiger partial charge < -0.3 is 15.0 Å². The average molecular weight is 380 g/mol. The lowest BCUT2D eigenvalue weighted by molar-refractivity contribution is -0.129. The fourth-order valence-corrected chi connectivity index (χ4v) is 3.96. The Bertz CT molecular complexity index is 604. The molecule has 27 heavy (non-hydrogen) atoms. The summed E-state index contributed by atoms with van der Waals surface area (Å²) in [6.45, 7) is 4.02. The number of amides is 1. The predicted molar refractivity (Wildman–Crippen MR) is 101 cm³/mol. The van der Waals surface area contributed by atoms with E-state index < -0.39 is 11.6 Å². The normalized spacial score (nSPS) is 18.1. The molecule has 1 aromatic carbocycles. The first-order chi connectivity index (χ1) is 13.1. The summed E-state index contributed by atoms with van der Waals surface area (Å²) in [4.78, 5) is 13.8. The van der Waals surface area contributed by atoms with Gasteiger partial charge >= 0.3 is 0 Å². The summed E-state index contributed by atoms with van der Waals surface area (Å²) in [5, 5.41) is 3.36. The van der Waals surface area contributed by atoms with Crippen molar-refractivity contribution >= 4 is 5.91 Å². The third kappa shape index (κ3) is 5.89. The van der Waals surface area contributed by atoms with E-state index in [0.29, 0.717) is 19.7 Å². The number of hydrogen-bond donors (Lipinski definition) is 1. The molecule has 1 N–H and O–H groups in total. The van der Waals surface area contributed by atoms with Crippen LogP contribution in [0.15, 0.2) is 12.1 Å². The molecule has 3 rings (SSSR count). The van der Waals surface area contributed by atoms with Crippen molar-refractivity contribution in [3.8, 4) is 5.75 Å². The lowest BCUT2D eigenvalue weighted by Gasteiger charge is -2.22. The molecule has 0 aliphatic carbocycles. The summed E-state index contributed by atoms with van der Waals surface area (Å²) in [5.74, 6) is -0.630. The fourth-order valence-electron chi connectivity index (χ4n) is 3.96. The van der Waals surface area contributed by atoms with E-state index in [0.717, 1.165) is 44.7 Å². The minimum atomic E-state index is -0.702. The highest BCUT2D eigenvalue weighted by molar-refractivity contribution is 5.79. The van der Waals surface area contributed by atoms with Crippen molar-refractivity contribution in [3.05, 3.63) is 29.3 Å². The number of piperidine rings is 1. The van der Waals surface area contributed by atoms with Gasteiger partial charge in [0.2, 0.25) is 5.91 Å². The molecule has 4 nitrogen and oxygen atoms in total. The van der Waals surface area contributed by atoms with E-state index in [-0.39, 0.29) is 23.6 Å². The van der Waals surface area contributed by atoms with Gasteiger partial charge in [-0.1, -0.05) is 6.42 Å². The number of rotatable bonds is 8. The molecule has 6 heteroatoms. The molecule has 0 spiro atoms. The largest absolute Gasteiger partial charge is 0.493 e. The summed E-state index contributed by atoms with van der Waals surface area (Å²) < 4.78 is 34.1. The van der Waals surface area contributed by atoms with Crippen LogP contribution in [0.5, 0.6) is 5.75 Å². The number of nitrogens with zero attached hydrogens (tertiary/aromatic N) is 1. The number of carbonyl (C=O) groups is 1. The molecule has 2 fully saturated rings. The number of likely N-dealkylation sites (tertiary alicyclic amines) is 1.